The first-order chi connectivity index (χ1) is 14.3. The summed E-state index contributed by atoms with van der Waals surface area (Å²) in [6.45, 7) is 12.7. The van der Waals surface area contributed by atoms with Gasteiger partial charge in [0.05, 0.1) is 18.3 Å². The highest BCUT2D eigenvalue weighted by molar-refractivity contribution is 5.69. The molecule has 6 nitrogen and oxygen atoms in total. The first kappa shape index (κ1) is 22.2. The minimum Gasteiger partial charge on any atom is -0.444 e. The molecule has 1 N–H and O–H groups in total. The van der Waals surface area contributed by atoms with E-state index in [9.17, 15) is 4.79 Å². The predicted molar refractivity (Wildman–Crippen MR) is 121 cm³/mol. The van der Waals surface area contributed by atoms with Crippen LogP contribution in [0.2, 0.25) is 0 Å². The van der Waals surface area contributed by atoms with Crippen molar-refractivity contribution in [3.8, 4) is 0 Å². The lowest BCUT2D eigenvalue weighted by molar-refractivity contribution is 0.0115. The summed E-state index contributed by atoms with van der Waals surface area (Å²) in [7, 11) is 0. The largest absolute Gasteiger partial charge is 0.444 e. The lowest BCUT2D eigenvalue weighted by Crippen LogP contribution is -2.52. The Morgan fingerprint density at radius 1 is 1.47 bits per heavy atom. The molecule has 0 spiro atoms. The number of hydrogen-bond donors (Lipinski definition) is 1. The number of amides is 1. The maximum atomic E-state index is 13.0. The number of carbonyl (C=O) groups is 1. The molecule has 0 fully saturated rings. The molecule has 1 amide bonds. The van der Waals surface area contributed by atoms with E-state index in [2.05, 4.69) is 34.2 Å². The highest BCUT2D eigenvalue weighted by Gasteiger charge is 2.34. The molecule has 1 aromatic heterocycles. The van der Waals surface area contributed by atoms with Crippen molar-refractivity contribution >= 4 is 12.8 Å². The van der Waals surface area contributed by atoms with Crippen molar-refractivity contribution in [2.45, 2.75) is 77.6 Å². The van der Waals surface area contributed by atoms with Gasteiger partial charge in [0.2, 0.25) is 0 Å². The maximum absolute atomic E-state index is 13.0. The summed E-state index contributed by atoms with van der Waals surface area (Å²) in [5.74, 6) is 0. The van der Waals surface area contributed by atoms with Crippen molar-refractivity contribution in [3.63, 3.8) is 0 Å². The van der Waals surface area contributed by atoms with Crippen LogP contribution in [0.4, 0.5) is 4.79 Å². The number of aliphatic imine (C=N–C) groups is 1. The van der Waals surface area contributed by atoms with Gasteiger partial charge in [-0.2, -0.15) is 0 Å². The number of carbonyl (C=O) groups excluding carboxylic acids is 1. The second-order valence-corrected chi connectivity index (χ2v) is 9.00. The van der Waals surface area contributed by atoms with Gasteiger partial charge in [-0.05, 0) is 70.9 Å². The number of nitrogens with zero attached hydrogens (tertiary/aromatic N) is 3. The van der Waals surface area contributed by atoms with E-state index in [1.165, 1.54) is 5.57 Å². The third-order valence-electron chi connectivity index (χ3n) is 5.56. The van der Waals surface area contributed by atoms with Crippen LogP contribution in [0.1, 0.15) is 58.2 Å². The molecule has 0 bridgehead atoms. The van der Waals surface area contributed by atoms with E-state index in [4.69, 9.17) is 4.74 Å². The molecule has 30 heavy (non-hydrogen) atoms. The Kier molecular flexibility index (Phi) is 7.08. The van der Waals surface area contributed by atoms with Crippen LogP contribution in [0.3, 0.4) is 0 Å². The zero-order valence-corrected chi connectivity index (χ0v) is 18.6. The monoisotopic (exact) mass is 410 g/mol. The van der Waals surface area contributed by atoms with Crippen molar-refractivity contribution in [3.05, 3.63) is 53.0 Å². The number of ether oxygens (including phenoxy) is 1. The maximum Gasteiger partial charge on any atom is 0.410 e. The number of aromatic nitrogens is 1. The molecular formula is C24H34N4O2. The van der Waals surface area contributed by atoms with Gasteiger partial charge in [0.1, 0.15) is 5.60 Å². The van der Waals surface area contributed by atoms with Crippen molar-refractivity contribution in [2.75, 3.05) is 6.54 Å². The third-order valence-corrected chi connectivity index (χ3v) is 5.56. The van der Waals surface area contributed by atoms with Gasteiger partial charge < -0.3 is 10.1 Å². The normalized spacial score (nSPS) is 22.2. The fraction of sp³-hybridized carbons (Fsp3) is 0.542. The SMILES string of the molecule is C=NC1=C(/C=C\C)CCC[C@@H]1NCC1Cc2ncccc2CN1C(=O)OC(C)(C)C. The van der Waals surface area contributed by atoms with Crippen LogP contribution < -0.4 is 5.32 Å². The van der Waals surface area contributed by atoms with Crippen LogP contribution in [0.25, 0.3) is 0 Å². The number of nitrogens with one attached hydrogen (secondary N) is 1. The van der Waals surface area contributed by atoms with Gasteiger partial charge in [-0.25, -0.2) is 4.79 Å². The van der Waals surface area contributed by atoms with Gasteiger partial charge >= 0.3 is 6.09 Å². The molecule has 1 aromatic rings. The highest BCUT2D eigenvalue weighted by atomic mass is 16.6. The lowest BCUT2D eigenvalue weighted by atomic mass is 9.91. The molecule has 1 aliphatic carbocycles. The number of pyridine rings is 1. The molecule has 2 atom stereocenters. The molecule has 1 aliphatic heterocycles. The summed E-state index contributed by atoms with van der Waals surface area (Å²) in [6.07, 6.45) is 9.59. The first-order valence-electron chi connectivity index (χ1n) is 10.8. The van der Waals surface area contributed by atoms with E-state index in [0.717, 1.165) is 36.2 Å². The molecule has 2 heterocycles. The number of allylic oxidation sites excluding steroid dienone is 3. The molecule has 0 radical (unpaired) electrons. The van der Waals surface area contributed by atoms with E-state index >= 15 is 0 Å². The average Bonchev–Trinajstić information content (AvgIpc) is 2.70. The fourth-order valence-electron chi connectivity index (χ4n) is 4.21. The summed E-state index contributed by atoms with van der Waals surface area (Å²) < 4.78 is 5.70. The molecular weight excluding hydrogens is 376 g/mol. The van der Waals surface area contributed by atoms with E-state index in [1.807, 2.05) is 50.9 Å². The second kappa shape index (κ2) is 9.56. The van der Waals surface area contributed by atoms with Crippen molar-refractivity contribution in [2.24, 2.45) is 4.99 Å². The van der Waals surface area contributed by atoms with E-state index in [-0.39, 0.29) is 18.2 Å². The standard InChI is InChI=1S/C24H34N4O2/c1-6-9-17-10-7-12-20(22(17)25-5)27-15-19-14-21-18(11-8-13-26-21)16-28(19)23(29)30-24(2,3)4/h6,8-9,11,13,19-20,27H,5,7,10,12,14-16H2,1-4H3/b9-6-/t19?,20-/m0/s1. The number of rotatable bonds is 5. The van der Waals surface area contributed by atoms with Crippen LogP contribution in [0.5, 0.6) is 0 Å². The van der Waals surface area contributed by atoms with Gasteiger partial charge in [-0.1, -0.05) is 18.2 Å². The molecule has 162 valence electrons. The van der Waals surface area contributed by atoms with Gasteiger partial charge in [0.25, 0.3) is 0 Å². The Morgan fingerprint density at radius 2 is 2.27 bits per heavy atom. The van der Waals surface area contributed by atoms with Gasteiger partial charge in [0, 0.05) is 30.9 Å². The Balaban J connectivity index is 1.78. The summed E-state index contributed by atoms with van der Waals surface area (Å²) in [4.78, 5) is 23.7. The van der Waals surface area contributed by atoms with E-state index < -0.39 is 5.60 Å². The zero-order valence-electron chi connectivity index (χ0n) is 18.6. The Hall–Kier alpha value is -2.47. The molecule has 0 saturated carbocycles. The van der Waals surface area contributed by atoms with E-state index in [1.54, 1.807) is 0 Å². The number of fused-ring (bicyclic) bond motifs is 1. The highest BCUT2D eigenvalue weighted by Crippen LogP contribution is 2.28. The lowest BCUT2D eigenvalue weighted by Gasteiger charge is -2.38. The Morgan fingerprint density at radius 3 is 2.97 bits per heavy atom. The summed E-state index contributed by atoms with van der Waals surface area (Å²) in [5.41, 5.74) is 3.88. The fourth-order valence-corrected chi connectivity index (χ4v) is 4.21. The van der Waals surface area contributed by atoms with E-state index in [0.29, 0.717) is 19.5 Å². The summed E-state index contributed by atoms with van der Waals surface area (Å²) in [6, 6.07) is 4.08. The first-order valence-corrected chi connectivity index (χ1v) is 10.8. The average molecular weight is 411 g/mol. The molecule has 1 unspecified atom stereocenters. The van der Waals surface area contributed by atoms with Crippen LogP contribution in [-0.4, -0.2) is 46.9 Å². The molecule has 0 aromatic carbocycles. The third kappa shape index (κ3) is 5.36. The van der Waals surface area contributed by atoms with Crippen LogP contribution in [0, 0.1) is 0 Å². The smallest absolute Gasteiger partial charge is 0.410 e. The minimum absolute atomic E-state index is 0.0274. The quantitative estimate of drug-likeness (QED) is 0.730. The summed E-state index contributed by atoms with van der Waals surface area (Å²) in [5, 5.41) is 3.66. The van der Waals surface area contributed by atoms with Crippen molar-refractivity contribution in [1.29, 1.82) is 0 Å². The topological polar surface area (TPSA) is 66.8 Å². The van der Waals surface area contributed by atoms with Gasteiger partial charge in [-0.3, -0.25) is 14.9 Å². The summed E-state index contributed by atoms with van der Waals surface area (Å²) >= 11 is 0. The van der Waals surface area contributed by atoms with Crippen molar-refractivity contribution in [1.82, 2.24) is 15.2 Å². The van der Waals surface area contributed by atoms with Crippen molar-refractivity contribution < 1.29 is 9.53 Å². The molecule has 2 aliphatic rings. The Bertz CT molecular complexity index is 838. The van der Waals surface area contributed by atoms with Gasteiger partial charge in [-0.15, -0.1) is 0 Å². The molecule has 3 rings (SSSR count). The molecule has 6 heteroatoms. The second-order valence-electron chi connectivity index (χ2n) is 9.00. The molecule has 0 saturated heterocycles. The number of hydrogen-bond acceptors (Lipinski definition) is 5. The van der Waals surface area contributed by atoms with Crippen LogP contribution in [-0.2, 0) is 17.7 Å². The predicted octanol–water partition coefficient (Wildman–Crippen LogP) is 4.42. The zero-order chi connectivity index (χ0) is 21.7. The Labute approximate surface area is 180 Å². The van der Waals surface area contributed by atoms with Gasteiger partial charge in [0.15, 0.2) is 0 Å². The minimum atomic E-state index is -0.530. The van der Waals surface area contributed by atoms with Crippen LogP contribution >= 0.6 is 0 Å². The van der Waals surface area contributed by atoms with Crippen LogP contribution in [0.15, 0.2) is 46.7 Å².